The second-order valence-electron chi connectivity index (χ2n) is 7.40. The van der Waals surface area contributed by atoms with E-state index < -0.39 is 0 Å². The molecule has 0 aliphatic rings. The summed E-state index contributed by atoms with van der Waals surface area (Å²) in [7, 11) is 4.05. The van der Waals surface area contributed by atoms with Crippen molar-refractivity contribution in [1.82, 2.24) is 15.3 Å². The van der Waals surface area contributed by atoms with Gasteiger partial charge in [0.15, 0.2) is 0 Å². The third-order valence-electron chi connectivity index (χ3n) is 4.90. The van der Waals surface area contributed by atoms with Gasteiger partial charge in [-0.1, -0.05) is 24.3 Å². The van der Waals surface area contributed by atoms with Crippen molar-refractivity contribution in [2.45, 2.75) is 32.1 Å². The van der Waals surface area contributed by atoms with E-state index in [9.17, 15) is 9.59 Å². The Morgan fingerprint density at radius 3 is 2.55 bits per heavy atom. The lowest BCUT2D eigenvalue weighted by atomic mass is 10.1. The number of aromatic nitrogens is 2. The Balaban J connectivity index is 1.36. The summed E-state index contributed by atoms with van der Waals surface area (Å²) in [6, 6.07) is 15.8. The van der Waals surface area contributed by atoms with Gasteiger partial charge in [0.1, 0.15) is 5.82 Å². The van der Waals surface area contributed by atoms with Gasteiger partial charge in [-0.25, -0.2) is 4.98 Å². The molecule has 3 rings (SSSR count). The number of hydrogen-bond donors (Lipinski definition) is 2. The van der Waals surface area contributed by atoms with Crippen LogP contribution in [0, 0.1) is 0 Å². The molecule has 0 aliphatic carbocycles. The average Bonchev–Trinajstić information content (AvgIpc) is 2.71. The van der Waals surface area contributed by atoms with Gasteiger partial charge in [-0.05, 0) is 49.1 Å². The van der Waals surface area contributed by atoms with Crippen LogP contribution in [0.2, 0.25) is 0 Å². The van der Waals surface area contributed by atoms with Gasteiger partial charge in [0.25, 0.3) is 5.56 Å². The number of aryl methyl sites for hydroxylation is 2. The molecule has 6 heteroatoms. The van der Waals surface area contributed by atoms with Crippen LogP contribution in [-0.2, 0) is 17.6 Å². The van der Waals surface area contributed by atoms with E-state index in [1.807, 2.05) is 32.3 Å². The zero-order valence-electron chi connectivity index (χ0n) is 17.1. The molecule has 0 unspecified atom stereocenters. The van der Waals surface area contributed by atoms with E-state index in [0.29, 0.717) is 42.5 Å². The van der Waals surface area contributed by atoms with Crippen molar-refractivity contribution in [3.8, 4) is 0 Å². The molecule has 1 heterocycles. The standard InChI is InChI=1S/C23H28N4O2/c1-27(2)18-14-12-17(13-15-18)7-6-16-24-22(28)11-5-10-21-25-20-9-4-3-8-19(20)23(29)26-21/h3-4,8-9,12-15H,5-7,10-11,16H2,1-2H3,(H,24,28)(H,25,26,29). The maximum Gasteiger partial charge on any atom is 0.258 e. The van der Waals surface area contributed by atoms with Gasteiger partial charge in [0.05, 0.1) is 10.9 Å². The zero-order chi connectivity index (χ0) is 20.6. The van der Waals surface area contributed by atoms with Crippen LogP contribution < -0.4 is 15.8 Å². The van der Waals surface area contributed by atoms with Crippen LogP contribution in [0.4, 0.5) is 5.69 Å². The molecular weight excluding hydrogens is 364 g/mol. The number of carbonyl (C=O) groups is 1. The first kappa shape index (κ1) is 20.6. The summed E-state index contributed by atoms with van der Waals surface area (Å²) in [5.74, 6) is 0.666. The van der Waals surface area contributed by atoms with Crippen molar-refractivity contribution in [2.75, 3.05) is 25.5 Å². The Morgan fingerprint density at radius 1 is 1.03 bits per heavy atom. The highest BCUT2D eigenvalue weighted by Gasteiger charge is 2.06. The zero-order valence-corrected chi connectivity index (χ0v) is 17.1. The summed E-state index contributed by atoms with van der Waals surface area (Å²) in [5, 5.41) is 3.56. The van der Waals surface area contributed by atoms with Gasteiger partial charge < -0.3 is 15.2 Å². The second-order valence-corrected chi connectivity index (χ2v) is 7.40. The Labute approximate surface area is 171 Å². The van der Waals surface area contributed by atoms with Gasteiger partial charge in [-0.2, -0.15) is 0 Å². The fraction of sp³-hybridized carbons (Fsp3) is 0.348. The number of nitrogens with one attached hydrogen (secondary N) is 2. The Morgan fingerprint density at radius 2 is 1.79 bits per heavy atom. The average molecular weight is 393 g/mol. The number of hydrogen-bond acceptors (Lipinski definition) is 4. The minimum atomic E-state index is -0.131. The quantitative estimate of drug-likeness (QED) is 0.549. The summed E-state index contributed by atoms with van der Waals surface area (Å²) in [6.07, 6.45) is 3.50. The smallest absolute Gasteiger partial charge is 0.258 e. The normalized spacial score (nSPS) is 10.8. The van der Waals surface area contributed by atoms with Crippen molar-refractivity contribution in [1.29, 1.82) is 0 Å². The molecule has 0 fully saturated rings. The number of rotatable bonds is 9. The van der Waals surface area contributed by atoms with Gasteiger partial charge in [-0.3, -0.25) is 9.59 Å². The molecule has 0 saturated carbocycles. The van der Waals surface area contributed by atoms with Crippen LogP contribution in [0.1, 0.15) is 30.7 Å². The topological polar surface area (TPSA) is 78.1 Å². The van der Waals surface area contributed by atoms with Crippen LogP contribution in [-0.4, -0.2) is 36.5 Å². The van der Waals surface area contributed by atoms with Crippen LogP contribution in [0.3, 0.4) is 0 Å². The third kappa shape index (κ3) is 5.91. The summed E-state index contributed by atoms with van der Waals surface area (Å²) < 4.78 is 0. The van der Waals surface area contributed by atoms with E-state index in [2.05, 4.69) is 44.5 Å². The molecule has 1 amide bonds. The predicted octanol–water partition coefficient (Wildman–Crippen LogP) is 3.06. The predicted molar refractivity (Wildman–Crippen MR) is 117 cm³/mol. The van der Waals surface area contributed by atoms with Crippen molar-refractivity contribution in [3.63, 3.8) is 0 Å². The number of benzene rings is 2. The van der Waals surface area contributed by atoms with E-state index in [4.69, 9.17) is 0 Å². The Hall–Kier alpha value is -3.15. The number of carbonyl (C=O) groups excluding carboxylic acids is 1. The fourth-order valence-electron chi connectivity index (χ4n) is 3.24. The lowest BCUT2D eigenvalue weighted by Gasteiger charge is -2.12. The van der Waals surface area contributed by atoms with E-state index in [1.165, 1.54) is 11.3 Å². The number of anilines is 1. The second kappa shape index (κ2) is 9.87. The molecule has 29 heavy (non-hydrogen) atoms. The van der Waals surface area contributed by atoms with E-state index in [0.717, 1.165) is 12.8 Å². The summed E-state index contributed by atoms with van der Waals surface area (Å²) in [4.78, 5) is 33.4. The number of para-hydroxylation sites is 1. The third-order valence-corrected chi connectivity index (χ3v) is 4.90. The van der Waals surface area contributed by atoms with E-state index >= 15 is 0 Å². The van der Waals surface area contributed by atoms with Crippen molar-refractivity contribution < 1.29 is 4.79 Å². The van der Waals surface area contributed by atoms with Crippen molar-refractivity contribution in [3.05, 3.63) is 70.3 Å². The van der Waals surface area contributed by atoms with Crippen molar-refractivity contribution >= 4 is 22.5 Å². The lowest BCUT2D eigenvalue weighted by molar-refractivity contribution is -0.121. The maximum atomic E-state index is 12.1. The van der Waals surface area contributed by atoms with Crippen LogP contribution in [0.15, 0.2) is 53.3 Å². The summed E-state index contributed by atoms with van der Waals surface area (Å²) >= 11 is 0. The lowest BCUT2D eigenvalue weighted by Crippen LogP contribution is -2.24. The molecule has 2 aromatic carbocycles. The minimum absolute atomic E-state index is 0.0380. The number of amides is 1. The molecule has 3 aromatic rings. The number of aromatic amines is 1. The first-order valence-electron chi connectivity index (χ1n) is 10.0. The molecule has 0 radical (unpaired) electrons. The number of H-pyrrole nitrogens is 1. The molecule has 0 aliphatic heterocycles. The molecule has 1 aromatic heterocycles. The molecule has 2 N–H and O–H groups in total. The van der Waals surface area contributed by atoms with Gasteiger partial charge in [0, 0.05) is 39.2 Å². The van der Waals surface area contributed by atoms with E-state index in [-0.39, 0.29) is 11.5 Å². The van der Waals surface area contributed by atoms with Crippen LogP contribution in [0.25, 0.3) is 10.9 Å². The Bertz CT molecular complexity index is 1010. The van der Waals surface area contributed by atoms with Crippen LogP contribution >= 0.6 is 0 Å². The SMILES string of the molecule is CN(C)c1ccc(CCCNC(=O)CCCc2nc3ccccc3c(=O)[nH]2)cc1. The van der Waals surface area contributed by atoms with E-state index in [1.54, 1.807) is 6.07 Å². The van der Waals surface area contributed by atoms with Gasteiger partial charge in [0.2, 0.25) is 5.91 Å². The molecular formula is C23H28N4O2. The number of nitrogens with zero attached hydrogens (tertiary/aromatic N) is 2. The highest BCUT2D eigenvalue weighted by Crippen LogP contribution is 2.13. The van der Waals surface area contributed by atoms with Crippen LogP contribution in [0.5, 0.6) is 0 Å². The van der Waals surface area contributed by atoms with Crippen molar-refractivity contribution in [2.24, 2.45) is 0 Å². The first-order chi connectivity index (χ1) is 14.0. The van der Waals surface area contributed by atoms with Gasteiger partial charge >= 0.3 is 0 Å². The highest BCUT2D eigenvalue weighted by atomic mass is 16.1. The van der Waals surface area contributed by atoms with Gasteiger partial charge in [-0.15, -0.1) is 0 Å². The molecule has 0 saturated heterocycles. The largest absolute Gasteiger partial charge is 0.378 e. The Kier molecular flexibility index (Phi) is 7.00. The molecule has 152 valence electrons. The fourth-order valence-corrected chi connectivity index (χ4v) is 3.24. The molecule has 0 atom stereocenters. The summed E-state index contributed by atoms with van der Waals surface area (Å²) in [6.45, 7) is 0.666. The maximum absolute atomic E-state index is 12.1. The molecule has 0 spiro atoms. The monoisotopic (exact) mass is 392 g/mol. The highest BCUT2D eigenvalue weighted by molar-refractivity contribution is 5.77. The molecule has 6 nitrogen and oxygen atoms in total. The summed E-state index contributed by atoms with van der Waals surface area (Å²) in [5.41, 5.74) is 3.02. The minimum Gasteiger partial charge on any atom is -0.378 e. The molecule has 0 bridgehead atoms. The first-order valence-corrected chi connectivity index (χ1v) is 10.0. The number of fused-ring (bicyclic) bond motifs is 1.